The molecule has 0 spiro atoms. The van der Waals surface area contributed by atoms with Crippen molar-refractivity contribution in [2.45, 2.75) is 13.0 Å². The average Bonchev–Trinajstić information content (AvgIpc) is 2.57. The van der Waals surface area contributed by atoms with E-state index >= 15 is 0 Å². The fourth-order valence-corrected chi connectivity index (χ4v) is 1.15. The Bertz CT molecular complexity index is 593. The van der Waals surface area contributed by atoms with Crippen LogP contribution in [0, 0.1) is 0 Å². The number of aliphatic hydroxyl groups excluding tert-OH is 1. The molecule has 2 aromatic carbocycles. The summed E-state index contributed by atoms with van der Waals surface area (Å²) in [4.78, 5) is 29.7. The number of carboxylic acids is 3. The largest absolute Gasteiger partial charge is 1.00 e. The van der Waals surface area contributed by atoms with E-state index in [1.54, 1.807) is 48.5 Å². The number of aromatic carboxylic acids is 2. The zero-order valence-electron chi connectivity index (χ0n) is 13.8. The van der Waals surface area contributed by atoms with Crippen LogP contribution >= 0.6 is 0 Å². The molecular formula is C17H17NaO7. The molecule has 1 atom stereocenters. The number of hydrogen-bond donors (Lipinski definition) is 3. The molecule has 0 fully saturated rings. The van der Waals surface area contributed by atoms with Crippen molar-refractivity contribution in [2.75, 3.05) is 0 Å². The van der Waals surface area contributed by atoms with Crippen molar-refractivity contribution in [3.05, 3.63) is 71.8 Å². The van der Waals surface area contributed by atoms with Crippen molar-refractivity contribution in [3.8, 4) is 0 Å². The van der Waals surface area contributed by atoms with Gasteiger partial charge in [0.05, 0.1) is 11.5 Å². The summed E-state index contributed by atoms with van der Waals surface area (Å²) < 4.78 is 0. The van der Waals surface area contributed by atoms with E-state index in [1.807, 2.05) is 0 Å². The Labute approximate surface area is 166 Å². The number of carbonyl (C=O) groups is 3. The molecule has 2 rings (SSSR count). The van der Waals surface area contributed by atoms with Gasteiger partial charge in [-0.15, -0.1) is 0 Å². The van der Waals surface area contributed by atoms with E-state index in [2.05, 4.69) is 0 Å². The second kappa shape index (κ2) is 14.2. The van der Waals surface area contributed by atoms with E-state index in [-0.39, 0.29) is 35.1 Å². The first-order valence-electron chi connectivity index (χ1n) is 6.71. The fraction of sp³-hybridized carbons (Fsp3) is 0.118. The molecule has 0 saturated carbocycles. The van der Waals surface area contributed by atoms with Crippen molar-refractivity contribution in [1.29, 1.82) is 0 Å². The van der Waals surface area contributed by atoms with Gasteiger partial charge >= 0.3 is 41.5 Å². The molecule has 0 radical (unpaired) electrons. The number of aliphatic hydroxyl groups is 1. The molecule has 0 aliphatic carbocycles. The first-order chi connectivity index (χ1) is 11.3. The number of aliphatic carboxylic acids is 1. The minimum absolute atomic E-state index is 0. The smallest absolute Gasteiger partial charge is 0.545 e. The van der Waals surface area contributed by atoms with Crippen molar-refractivity contribution >= 4 is 17.9 Å². The molecular weight excluding hydrogens is 339 g/mol. The van der Waals surface area contributed by atoms with Crippen LogP contribution in [0.25, 0.3) is 0 Å². The molecule has 1 unspecified atom stereocenters. The van der Waals surface area contributed by atoms with E-state index in [4.69, 9.17) is 15.3 Å². The van der Waals surface area contributed by atoms with E-state index in [0.29, 0.717) is 5.56 Å². The molecule has 0 aromatic heterocycles. The summed E-state index contributed by atoms with van der Waals surface area (Å²) in [5.74, 6) is -3.19. The second-order valence-corrected chi connectivity index (χ2v) is 4.34. The third-order valence-electron chi connectivity index (χ3n) is 2.39. The third kappa shape index (κ3) is 12.8. The molecule has 0 aliphatic heterocycles. The molecule has 128 valence electrons. The minimum Gasteiger partial charge on any atom is -0.545 e. The Morgan fingerprint density at radius 3 is 1.32 bits per heavy atom. The molecule has 0 aliphatic rings. The van der Waals surface area contributed by atoms with Gasteiger partial charge < -0.3 is 25.2 Å². The van der Waals surface area contributed by atoms with Gasteiger partial charge in [-0.1, -0.05) is 48.5 Å². The van der Waals surface area contributed by atoms with E-state index in [0.717, 1.165) is 0 Å². The van der Waals surface area contributed by atoms with Gasteiger partial charge in [-0.3, -0.25) is 0 Å². The summed E-state index contributed by atoms with van der Waals surface area (Å²) in [6, 6.07) is 16.4. The predicted octanol–water partition coefficient (Wildman–Crippen LogP) is -2.11. The Morgan fingerprint density at radius 2 is 1.16 bits per heavy atom. The maximum atomic E-state index is 10.2. The maximum Gasteiger partial charge on any atom is 1.00 e. The van der Waals surface area contributed by atoms with Gasteiger partial charge in [-0.05, 0) is 24.6 Å². The topological polar surface area (TPSA) is 135 Å². The van der Waals surface area contributed by atoms with Crippen LogP contribution in [-0.2, 0) is 4.79 Å². The Hall–Kier alpha value is -2.19. The summed E-state index contributed by atoms with van der Waals surface area (Å²) in [6.45, 7) is 1.20. The molecule has 25 heavy (non-hydrogen) atoms. The van der Waals surface area contributed by atoms with Crippen molar-refractivity contribution in [1.82, 2.24) is 0 Å². The Morgan fingerprint density at radius 1 is 0.840 bits per heavy atom. The number of carboxylic acid groups (broad SMARTS) is 3. The van der Waals surface area contributed by atoms with Crippen molar-refractivity contribution < 1.29 is 64.4 Å². The van der Waals surface area contributed by atoms with Gasteiger partial charge in [0.25, 0.3) is 0 Å². The van der Waals surface area contributed by atoms with Gasteiger partial charge in [0.15, 0.2) is 0 Å². The molecule has 0 bridgehead atoms. The molecule has 2 aromatic rings. The SMILES string of the molecule is CC(O)C(=O)O.O=C(O)c1ccccc1.O=C([O-])c1ccccc1.[Na+]. The van der Waals surface area contributed by atoms with Gasteiger partial charge in [0.2, 0.25) is 0 Å². The van der Waals surface area contributed by atoms with Crippen LogP contribution < -0.4 is 34.7 Å². The first kappa shape index (κ1) is 25.1. The Balaban J connectivity index is 0. The summed E-state index contributed by atoms with van der Waals surface area (Å²) in [5.41, 5.74) is 0.551. The van der Waals surface area contributed by atoms with Crippen LogP contribution in [-0.4, -0.2) is 39.3 Å². The second-order valence-electron chi connectivity index (χ2n) is 4.34. The number of benzene rings is 2. The van der Waals surface area contributed by atoms with Crippen molar-refractivity contribution in [2.24, 2.45) is 0 Å². The quantitative estimate of drug-likeness (QED) is 0.536. The van der Waals surface area contributed by atoms with E-state index in [9.17, 15) is 19.5 Å². The molecule has 3 N–H and O–H groups in total. The first-order valence-corrected chi connectivity index (χ1v) is 6.71. The third-order valence-corrected chi connectivity index (χ3v) is 2.39. The molecule has 0 amide bonds. The van der Waals surface area contributed by atoms with Gasteiger partial charge in [0.1, 0.15) is 6.10 Å². The Kier molecular flexibility index (Phi) is 14.2. The van der Waals surface area contributed by atoms with Crippen LogP contribution in [0.1, 0.15) is 27.6 Å². The van der Waals surface area contributed by atoms with Crippen LogP contribution in [0.5, 0.6) is 0 Å². The summed E-state index contributed by atoms with van der Waals surface area (Å²) in [5, 5.41) is 34.2. The zero-order chi connectivity index (χ0) is 18.5. The van der Waals surface area contributed by atoms with Gasteiger partial charge in [0, 0.05) is 0 Å². The minimum atomic E-state index is -1.23. The summed E-state index contributed by atoms with van der Waals surface area (Å²) in [6.07, 6.45) is -1.23. The summed E-state index contributed by atoms with van der Waals surface area (Å²) >= 11 is 0. The predicted molar refractivity (Wildman–Crippen MR) is 83.5 cm³/mol. The van der Waals surface area contributed by atoms with Crippen LogP contribution in [0.3, 0.4) is 0 Å². The van der Waals surface area contributed by atoms with Crippen molar-refractivity contribution in [3.63, 3.8) is 0 Å². The van der Waals surface area contributed by atoms with Crippen LogP contribution in [0.2, 0.25) is 0 Å². The average molecular weight is 356 g/mol. The summed E-state index contributed by atoms with van der Waals surface area (Å²) in [7, 11) is 0. The monoisotopic (exact) mass is 356 g/mol. The molecule has 7 nitrogen and oxygen atoms in total. The van der Waals surface area contributed by atoms with Gasteiger partial charge in [-0.25, -0.2) is 9.59 Å². The van der Waals surface area contributed by atoms with Crippen LogP contribution in [0.15, 0.2) is 60.7 Å². The zero-order valence-corrected chi connectivity index (χ0v) is 15.8. The maximum absolute atomic E-state index is 10.2. The van der Waals surface area contributed by atoms with Crippen LogP contribution in [0.4, 0.5) is 0 Å². The molecule has 0 heterocycles. The standard InChI is InChI=1S/2C7H6O2.C3H6O3.Na/c2*8-7(9)6-4-2-1-3-5-6;1-2(4)3(5)6;/h2*1-5H,(H,8,9);2,4H,1H3,(H,5,6);/q;;;+1/p-1. The normalized spacial score (nSPS) is 9.68. The van der Waals surface area contributed by atoms with E-state index < -0.39 is 24.0 Å². The van der Waals surface area contributed by atoms with E-state index in [1.165, 1.54) is 19.1 Å². The number of rotatable bonds is 3. The molecule has 8 heteroatoms. The van der Waals surface area contributed by atoms with Gasteiger partial charge in [-0.2, -0.15) is 0 Å². The molecule has 0 saturated heterocycles. The fourth-order valence-electron chi connectivity index (χ4n) is 1.15. The number of hydrogen-bond acceptors (Lipinski definition) is 5. The number of carbonyl (C=O) groups excluding carboxylic acids is 1.